The third kappa shape index (κ3) is 4.68. The van der Waals surface area contributed by atoms with Gasteiger partial charge in [0.25, 0.3) is 11.6 Å². The molecule has 0 fully saturated rings. The number of carbonyl (C=O) groups excluding carboxylic acids is 2. The zero-order chi connectivity index (χ0) is 18.6. The number of rotatable bonds is 5. The number of nitro groups is 1. The minimum atomic E-state index is -0.607. The first kappa shape index (κ1) is 18.7. The number of nitrogens with zero attached hydrogens (tertiary/aromatic N) is 1. The SMILES string of the molecule is CCC(=O)Nc1ccc(Cl)c(NC(=O)c2ccc([N+](=O)[O-])cc2Cl)c1. The highest BCUT2D eigenvalue weighted by molar-refractivity contribution is 6.36. The molecule has 9 heteroatoms. The van der Waals surface area contributed by atoms with Crippen molar-refractivity contribution in [2.24, 2.45) is 0 Å². The molecule has 0 bridgehead atoms. The van der Waals surface area contributed by atoms with Crippen molar-refractivity contribution >= 4 is 52.1 Å². The second kappa shape index (κ2) is 7.96. The molecule has 0 unspecified atom stereocenters. The van der Waals surface area contributed by atoms with Gasteiger partial charge in [0.1, 0.15) is 0 Å². The van der Waals surface area contributed by atoms with Gasteiger partial charge in [0.05, 0.1) is 26.2 Å². The van der Waals surface area contributed by atoms with Crippen LogP contribution in [0.25, 0.3) is 0 Å². The minimum absolute atomic E-state index is 0.0572. The molecular formula is C16H13Cl2N3O4. The standard InChI is InChI=1S/C16H13Cl2N3O4/c1-2-15(22)19-9-3-6-12(17)14(7-9)20-16(23)11-5-4-10(21(24)25)8-13(11)18/h3-8H,2H2,1H3,(H,19,22)(H,20,23). The summed E-state index contributed by atoms with van der Waals surface area (Å²) in [5, 5.41) is 16.1. The molecule has 0 aliphatic carbocycles. The van der Waals surface area contributed by atoms with Crippen LogP contribution in [0, 0.1) is 10.1 Å². The van der Waals surface area contributed by atoms with Crippen molar-refractivity contribution in [1.29, 1.82) is 0 Å². The fraction of sp³-hybridized carbons (Fsp3) is 0.125. The van der Waals surface area contributed by atoms with Crippen LogP contribution in [0.4, 0.5) is 17.1 Å². The number of anilines is 2. The van der Waals surface area contributed by atoms with Gasteiger partial charge >= 0.3 is 0 Å². The van der Waals surface area contributed by atoms with E-state index in [0.29, 0.717) is 12.1 Å². The summed E-state index contributed by atoms with van der Waals surface area (Å²) in [5.74, 6) is -0.765. The Hall–Kier alpha value is -2.64. The molecule has 2 rings (SSSR count). The number of hydrogen-bond donors (Lipinski definition) is 2. The van der Waals surface area contributed by atoms with E-state index < -0.39 is 10.8 Å². The molecule has 0 heterocycles. The van der Waals surface area contributed by atoms with Gasteiger partial charge in [-0.15, -0.1) is 0 Å². The number of carbonyl (C=O) groups is 2. The van der Waals surface area contributed by atoms with E-state index in [9.17, 15) is 19.7 Å². The van der Waals surface area contributed by atoms with Gasteiger partial charge in [0, 0.05) is 24.2 Å². The van der Waals surface area contributed by atoms with Crippen molar-refractivity contribution in [3.05, 3.63) is 62.1 Å². The summed E-state index contributed by atoms with van der Waals surface area (Å²) in [5.41, 5.74) is 0.589. The van der Waals surface area contributed by atoms with E-state index >= 15 is 0 Å². The highest BCUT2D eigenvalue weighted by Crippen LogP contribution is 2.28. The van der Waals surface area contributed by atoms with E-state index in [4.69, 9.17) is 23.2 Å². The van der Waals surface area contributed by atoms with E-state index in [0.717, 1.165) is 6.07 Å². The molecule has 0 aliphatic heterocycles. The van der Waals surface area contributed by atoms with Gasteiger partial charge < -0.3 is 10.6 Å². The number of benzene rings is 2. The number of non-ortho nitro benzene ring substituents is 1. The van der Waals surface area contributed by atoms with Crippen LogP contribution in [-0.4, -0.2) is 16.7 Å². The highest BCUT2D eigenvalue weighted by Gasteiger charge is 2.16. The molecule has 0 saturated carbocycles. The van der Waals surface area contributed by atoms with Crippen LogP contribution in [0.5, 0.6) is 0 Å². The Morgan fingerprint density at radius 1 is 1.08 bits per heavy atom. The monoisotopic (exact) mass is 381 g/mol. The van der Waals surface area contributed by atoms with E-state index in [-0.39, 0.29) is 32.9 Å². The van der Waals surface area contributed by atoms with Crippen molar-refractivity contribution in [3.63, 3.8) is 0 Å². The van der Waals surface area contributed by atoms with Crippen LogP contribution in [0.1, 0.15) is 23.7 Å². The average Bonchev–Trinajstić information content (AvgIpc) is 2.57. The van der Waals surface area contributed by atoms with Gasteiger partial charge in [-0.1, -0.05) is 30.1 Å². The van der Waals surface area contributed by atoms with Crippen molar-refractivity contribution < 1.29 is 14.5 Å². The maximum absolute atomic E-state index is 12.3. The Kier molecular flexibility index (Phi) is 5.95. The summed E-state index contributed by atoms with van der Waals surface area (Å²) < 4.78 is 0. The van der Waals surface area contributed by atoms with Crippen LogP contribution < -0.4 is 10.6 Å². The molecule has 130 valence electrons. The molecule has 2 aromatic carbocycles. The predicted octanol–water partition coefficient (Wildman–Crippen LogP) is 4.50. The van der Waals surface area contributed by atoms with Crippen LogP contribution in [0.3, 0.4) is 0 Å². The summed E-state index contributed by atoms with van der Waals surface area (Å²) in [4.78, 5) is 33.9. The number of nitro benzene ring substituents is 1. The molecule has 0 aliphatic rings. The second-order valence-electron chi connectivity index (χ2n) is 4.97. The van der Waals surface area contributed by atoms with Gasteiger partial charge in [-0.25, -0.2) is 0 Å². The highest BCUT2D eigenvalue weighted by atomic mass is 35.5. The van der Waals surface area contributed by atoms with Gasteiger partial charge in [-0.05, 0) is 24.3 Å². The average molecular weight is 382 g/mol. The molecule has 0 aromatic heterocycles. The van der Waals surface area contributed by atoms with Crippen LogP contribution in [0.15, 0.2) is 36.4 Å². The van der Waals surface area contributed by atoms with Crippen molar-refractivity contribution in [1.82, 2.24) is 0 Å². The summed E-state index contributed by atoms with van der Waals surface area (Å²) in [7, 11) is 0. The fourth-order valence-electron chi connectivity index (χ4n) is 1.94. The normalized spacial score (nSPS) is 10.2. The van der Waals surface area contributed by atoms with Crippen LogP contribution >= 0.6 is 23.2 Å². The first-order valence-electron chi connectivity index (χ1n) is 7.16. The molecule has 25 heavy (non-hydrogen) atoms. The van der Waals surface area contributed by atoms with E-state index in [1.54, 1.807) is 13.0 Å². The molecule has 0 radical (unpaired) electrons. The maximum Gasteiger partial charge on any atom is 0.270 e. The Morgan fingerprint density at radius 2 is 1.80 bits per heavy atom. The van der Waals surface area contributed by atoms with E-state index in [2.05, 4.69) is 10.6 Å². The Bertz CT molecular complexity index is 855. The fourth-order valence-corrected chi connectivity index (χ4v) is 2.36. The van der Waals surface area contributed by atoms with Crippen molar-refractivity contribution in [3.8, 4) is 0 Å². The molecular weight excluding hydrogens is 369 g/mol. The molecule has 7 nitrogen and oxygen atoms in total. The van der Waals surface area contributed by atoms with Crippen molar-refractivity contribution in [2.75, 3.05) is 10.6 Å². The van der Waals surface area contributed by atoms with Gasteiger partial charge in [0.15, 0.2) is 0 Å². The van der Waals surface area contributed by atoms with E-state index in [1.165, 1.54) is 24.3 Å². The Balaban J connectivity index is 2.24. The lowest BCUT2D eigenvalue weighted by Crippen LogP contribution is -2.14. The van der Waals surface area contributed by atoms with E-state index in [1.807, 2.05) is 0 Å². The van der Waals surface area contributed by atoms with Gasteiger partial charge in [-0.3, -0.25) is 19.7 Å². The Morgan fingerprint density at radius 3 is 2.40 bits per heavy atom. The number of halogens is 2. The zero-order valence-corrected chi connectivity index (χ0v) is 14.5. The zero-order valence-electron chi connectivity index (χ0n) is 13.0. The molecule has 2 N–H and O–H groups in total. The molecule has 0 atom stereocenters. The first-order chi connectivity index (χ1) is 11.8. The van der Waals surface area contributed by atoms with Gasteiger partial charge in [0.2, 0.25) is 5.91 Å². The maximum atomic E-state index is 12.3. The largest absolute Gasteiger partial charge is 0.326 e. The smallest absolute Gasteiger partial charge is 0.270 e. The summed E-state index contributed by atoms with van der Waals surface area (Å²) in [6, 6.07) is 8.17. The number of nitrogens with one attached hydrogen (secondary N) is 2. The summed E-state index contributed by atoms with van der Waals surface area (Å²) in [6.07, 6.45) is 0.308. The second-order valence-corrected chi connectivity index (χ2v) is 5.79. The topological polar surface area (TPSA) is 101 Å². The lowest BCUT2D eigenvalue weighted by molar-refractivity contribution is -0.384. The minimum Gasteiger partial charge on any atom is -0.326 e. The summed E-state index contributed by atoms with van der Waals surface area (Å²) >= 11 is 12.0. The van der Waals surface area contributed by atoms with Crippen LogP contribution in [0.2, 0.25) is 10.0 Å². The lowest BCUT2D eigenvalue weighted by Gasteiger charge is -2.11. The number of amides is 2. The Labute approximate surface area is 153 Å². The molecule has 2 amide bonds. The molecule has 0 saturated heterocycles. The van der Waals surface area contributed by atoms with Crippen LogP contribution in [-0.2, 0) is 4.79 Å². The molecule has 2 aromatic rings. The quantitative estimate of drug-likeness (QED) is 0.587. The van der Waals surface area contributed by atoms with Crippen molar-refractivity contribution in [2.45, 2.75) is 13.3 Å². The molecule has 0 spiro atoms. The van der Waals surface area contributed by atoms with Gasteiger partial charge in [-0.2, -0.15) is 0 Å². The third-order valence-electron chi connectivity index (χ3n) is 3.23. The number of hydrogen-bond acceptors (Lipinski definition) is 4. The first-order valence-corrected chi connectivity index (χ1v) is 7.92. The lowest BCUT2D eigenvalue weighted by atomic mass is 10.2. The summed E-state index contributed by atoms with van der Waals surface area (Å²) in [6.45, 7) is 1.71. The third-order valence-corrected chi connectivity index (χ3v) is 3.87. The predicted molar refractivity (Wildman–Crippen MR) is 96.4 cm³/mol.